The van der Waals surface area contributed by atoms with Gasteiger partial charge in [-0.05, 0) is 35.9 Å². The van der Waals surface area contributed by atoms with Crippen LogP contribution in [0.2, 0.25) is 10.0 Å². The molecule has 98 valence electrons. The molecule has 0 fully saturated rings. The maximum atomic E-state index is 12.0. The van der Waals surface area contributed by atoms with Gasteiger partial charge >= 0.3 is 0 Å². The molecule has 0 saturated carbocycles. The van der Waals surface area contributed by atoms with Gasteiger partial charge in [0.25, 0.3) is 5.91 Å². The van der Waals surface area contributed by atoms with Crippen molar-refractivity contribution in [2.24, 2.45) is 0 Å². The van der Waals surface area contributed by atoms with E-state index in [1.54, 1.807) is 36.4 Å². The molecule has 2 N–H and O–H groups in total. The summed E-state index contributed by atoms with van der Waals surface area (Å²) in [6, 6.07) is 11.6. The maximum absolute atomic E-state index is 12.0. The summed E-state index contributed by atoms with van der Waals surface area (Å²) in [6.45, 7) is -0.0268. The van der Waals surface area contributed by atoms with Gasteiger partial charge in [-0.25, -0.2) is 0 Å². The minimum Gasteiger partial charge on any atom is -0.392 e. The molecule has 0 heterocycles. The molecular formula is C14H11Cl2NO2. The van der Waals surface area contributed by atoms with Crippen molar-refractivity contribution < 1.29 is 9.90 Å². The summed E-state index contributed by atoms with van der Waals surface area (Å²) in [5.41, 5.74) is 1.86. The Labute approximate surface area is 120 Å². The van der Waals surface area contributed by atoms with E-state index in [1.807, 2.05) is 0 Å². The summed E-state index contributed by atoms with van der Waals surface area (Å²) in [7, 11) is 0. The van der Waals surface area contributed by atoms with E-state index in [2.05, 4.69) is 5.32 Å². The second-order valence-corrected chi connectivity index (χ2v) is 4.75. The number of anilines is 1. The number of aliphatic hydroxyl groups is 1. The third-order valence-corrected chi connectivity index (χ3v) is 3.32. The highest BCUT2D eigenvalue weighted by atomic mass is 35.5. The molecule has 19 heavy (non-hydrogen) atoms. The Hall–Kier alpha value is -1.55. The molecule has 0 radical (unpaired) electrons. The summed E-state index contributed by atoms with van der Waals surface area (Å²) in [4.78, 5) is 12.0. The highest BCUT2D eigenvalue weighted by Crippen LogP contribution is 2.23. The smallest absolute Gasteiger partial charge is 0.255 e. The SMILES string of the molecule is O=C(Nc1ccc(CO)cc1)c1ccc(Cl)c(Cl)c1. The Balaban J connectivity index is 2.13. The number of nitrogens with one attached hydrogen (secondary N) is 1. The van der Waals surface area contributed by atoms with Gasteiger partial charge in [-0.15, -0.1) is 0 Å². The number of benzene rings is 2. The fourth-order valence-corrected chi connectivity index (χ4v) is 1.83. The van der Waals surface area contributed by atoms with E-state index in [0.29, 0.717) is 21.3 Å². The Kier molecular flexibility index (Phi) is 4.43. The lowest BCUT2D eigenvalue weighted by molar-refractivity contribution is 0.102. The first kappa shape index (κ1) is 13.9. The number of carbonyl (C=O) groups is 1. The summed E-state index contributed by atoms with van der Waals surface area (Å²) in [5, 5.41) is 12.4. The molecular weight excluding hydrogens is 285 g/mol. The molecule has 0 saturated heterocycles. The Morgan fingerprint density at radius 3 is 2.32 bits per heavy atom. The lowest BCUT2D eigenvalue weighted by Crippen LogP contribution is -2.11. The van der Waals surface area contributed by atoms with Gasteiger partial charge < -0.3 is 10.4 Å². The summed E-state index contributed by atoms with van der Waals surface area (Å²) in [6.07, 6.45) is 0. The zero-order chi connectivity index (χ0) is 13.8. The minimum atomic E-state index is -0.268. The van der Waals surface area contributed by atoms with Crippen molar-refractivity contribution in [3.05, 3.63) is 63.6 Å². The van der Waals surface area contributed by atoms with Gasteiger partial charge in [0.15, 0.2) is 0 Å². The number of hydrogen-bond acceptors (Lipinski definition) is 2. The molecule has 5 heteroatoms. The van der Waals surface area contributed by atoms with Crippen molar-refractivity contribution >= 4 is 34.8 Å². The Bertz CT molecular complexity index is 597. The molecule has 0 atom stereocenters. The highest BCUT2D eigenvalue weighted by Gasteiger charge is 2.08. The zero-order valence-corrected chi connectivity index (χ0v) is 11.4. The summed E-state index contributed by atoms with van der Waals surface area (Å²) in [5.74, 6) is -0.268. The van der Waals surface area contributed by atoms with E-state index in [-0.39, 0.29) is 12.5 Å². The highest BCUT2D eigenvalue weighted by molar-refractivity contribution is 6.42. The van der Waals surface area contributed by atoms with Gasteiger partial charge in [0.05, 0.1) is 16.7 Å². The van der Waals surface area contributed by atoms with Crippen LogP contribution in [0.4, 0.5) is 5.69 Å². The number of amides is 1. The quantitative estimate of drug-likeness (QED) is 0.906. The number of aliphatic hydroxyl groups excluding tert-OH is 1. The van der Waals surface area contributed by atoms with Gasteiger partial charge in [-0.1, -0.05) is 35.3 Å². The number of rotatable bonds is 3. The van der Waals surface area contributed by atoms with Crippen LogP contribution in [0.3, 0.4) is 0 Å². The Morgan fingerprint density at radius 1 is 1.05 bits per heavy atom. The minimum absolute atomic E-state index is 0.0268. The van der Waals surface area contributed by atoms with Crippen LogP contribution in [0.1, 0.15) is 15.9 Å². The third-order valence-electron chi connectivity index (χ3n) is 2.58. The first-order valence-electron chi connectivity index (χ1n) is 5.56. The fourth-order valence-electron chi connectivity index (χ4n) is 1.53. The van der Waals surface area contributed by atoms with Gasteiger partial charge in [0.1, 0.15) is 0 Å². The fraction of sp³-hybridized carbons (Fsp3) is 0.0714. The van der Waals surface area contributed by atoms with Crippen molar-refractivity contribution in [1.29, 1.82) is 0 Å². The average Bonchev–Trinajstić information content (AvgIpc) is 2.42. The van der Waals surface area contributed by atoms with Crippen molar-refractivity contribution in [1.82, 2.24) is 0 Å². The van der Waals surface area contributed by atoms with E-state index in [4.69, 9.17) is 28.3 Å². The van der Waals surface area contributed by atoms with Crippen LogP contribution in [0.25, 0.3) is 0 Å². The molecule has 0 spiro atoms. The van der Waals surface area contributed by atoms with Crippen LogP contribution in [0.15, 0.2) is 42.5 Å². The van der Waals surface area contributed by atoms with E-state index in [1.165, 1.54) is 6.07 Å². The second-order valence-electron chi connectivity index (χ2n) is 3.94. The number of hydrogen-bond donors (Lipinski definition) is 2. The Morgan fingerprint density at radius 2 is 1.74 bits per heavy atom. The topological polar surface area (TPSA) is 49.3 Å². The monoisotopic (exact) mass is 295 g/mol. The summed E-state index contributed by atoms with van der Waals surface area (Å²) >= 11 is 11.7. The van der Waals surface area contributed by atoms with Crippen LogP contribution in [0, 0.1) is 0 Å². The van der Waals surface area contributed by atoms with Crippen molar-refractivity contribution in [2.75, 3.05) is 5.32 Å². The van der Waals surface area contributed by atoms with Gasteiger partial charge in [-0.2, -0.15) is 0 Å². The van der Waals surface area contributed by atoms with Crippen LogP contribution < -0.4 is 5.32 Å². The zero-order valence-electron chi connectivity index (χ0n) is 9.86. The van der Waals surface area contributed by atoms with Crippen molar-refractivity contribution in [2.45, 2.75) is 6.61 Å². The molecule has 0 unspecified atom stereocenters. The lowest BCUT2D eigenvalue weighted by Gasteiger charge is -2.06. The van der Waals surface area contributed by atoms with E-state index in [0.717, 1.165) is 5.56 Å². The van der Waals surface area contributed by atoms with Gasteiger partial charge in [0.2, 0.25) is 0 Å². The molecule has 2 aromatic carbocycles. The van der Waals surface area contributed by atoms with Crippen LogP contribution >= 0.6 is 23.2 Å². The van der Waals surface area contributed by atoms with Crippen molar-refractivity contribution in [3.8, 4) is 0 Å². The van der Waals surface area contributed by atoms with E-state index >= 15 is 0 Å². The number of halogens is 2. The third kappa shape index (κ3) is 3.47. The second kappa shape index (κ2) is 6.06. The predicted molar refractivity (Wildman–Crippen MR) is 76.8 cm³/mol. The normalized spacial score (nSPS) is 10.3. The van der Waals surface area contributed by atoms with Crippen LogP contribution in [0.5, 0.6) is 0 Å². The molecule has 0 aromatic heterocycles. The summed E-state index contributed by atoms with van der Waals surface area (Å²) < 4.78 is 0. The molecule has 0 aliphatic carbocycles. The molecule has 0 bridgehead atoms. The first-order chi connectivity index (χ1) is 9.10. The van der Waals surface area contributed by atoms with E-state index < -0.39 is 0 Å². The van der Waals surface area contributed by atoms with Crippen LogP contribution in [-0.4, -0.2) is 11.0 Å². The molecule has 1 amide bonds. The standard InChI is InChI=1S/C14H11Cl2NO2/c15-12-6-3-10(7-13(12)16)14(19)17-11-4-1-9(8-18)2-5-11/h1-7,18H,8H2,(H,17,19). The first-order valence-corrected chi connectivity index (χ1v) is 6.32. The number of carbonyl (C=O) groups excluding carboxylic acids is 1. The molecule has 3 nitrogen and oxygen atoms in total. The predicted octanol–water partition coefficient (Wildman–Crippen LogP) is 3.74. The van der Waals surface area contributed by atoms with Gasteiger partial charge in [0, 0.05) is 11.3 Å². The lowest BCUT2D eigenvalue weighted by atomic mass is 10.2. The molecule has 2 aromatic rings. The molecule has 2 rings (SSSR count). The maximum Gasteiger partial charge on any atom is 0.255 e. The average molecular weight is 296 g/mol. The van der Waals surface area contributed by atoms with Crippen molar-refractivity contribution in [3.63, 3.8) is 0 Å². The largest absolute Gasteiger partial charge is 0.392 e. The molecule has 0 aliphatic rings. The van der Waals surface area contributed by atoms with E-state index in [9.17, 15) is 4.79 Å². The molecule has 0 aliphatic heterocycles. The van der Waals surface area contributed by atoms with Gasteiger partial charge in [-0.3, -0.25) is 4.79 Å². The van der Waals surface area contributed by atoms with Crippen LogP contribution in [-0.2, 0) is 6.61 Å².